The largest absolute Gasteiger partial charge is 0.433 e. The molecule has 1 aromatic carbocycles. The Labute approximate surface area is 245 Å². The number of aromatic nitrogens is 1. The van der Waals surface area contributed by atoms with Crippen molar-refractivity contribution in [1.29, 1.82) is 0 Å². The van der Waals surface area contributed by atoms with Gasteiger partial charge in [-0.1, -0.05) is 32.9 Å². The molecule has 1 N–H and O–H groups in total. The van der Waals surface area contributed by atoms with Crippen LogP contribution in [-0.2, 0) is 4.74 Å². The maximum atomic E-state index is 13.5. The zero-order valence-electron chi connectivity index (χ0n) is 24.6. The minimum atomic E-state index is -4.51. The van der Waals surface area contributed by atoms with Crippen molar-refractivity contribution >= 4 is 28.8 Å². The number of amides is 1. The van der Waals surface area contributed by atoms with Crippen LogP contribution in [0.3, 0.4) is 0 Å². The van der Waals surface area contributed by atoms with Crippen LogP contribution in [0.2, 0.25) is 0 Å². The molecule has 4 heterocycles. The minimum absolute atomic E-state index is 0.115. The van der Waals surface area contributed by atoms with E-state index in [4.69, 9.17) is 9.72 Å². The van der Waals surface area contributed by atoms with Gasteiger partial charge in [-0.05, 0) is 66.5 Å². The third-order valence-corrected chi connectivity index (χ3v) is 8.64. The molecule has 3 aliphatic rings. The molecule has 1 aromatic heterocycles. The van der Waals surface area contributed by atoms with Gasteiger partial charge in [-0.25, -0.2) is 4.98 Å². The molecule has 0 aliphatic carbocycles. The zero-order chi connectivity index (χ0) is 29.9. The summed E-state index contributed by atoms with van der Waals surface area (Å²) in [5, 5.41) is 3.81. The number of carbonyl (C=O) groups excluding carboxylic acids is 1. The second-order valence-electron chi connectivity index (χ2n) is 12.3. The van der Waals surface area contributed by atoms with Gasteiger partial charge in [-0.15, -0.1) is 0 Å². The number of benzene rings is 1. The van der Waals surface area contributed by atoms with Crippen LogP contribution in [0.4, 0.5) is 19.0 Å². The van der Waals surface area contributed by atoms with Gasteiger partial charge in [0.15, 0.2) is 0 Å². The SMILES string of the molecule is CC(C)(C)C1CCN(c2ccc3c(C(=O)NCC(C4=CCC=C(C(F)(F)F)N=C4)N4CCOCC4)cccc3n2)CC1. The predicted molar refractivity (Wildman–Crippen MR) is 160 cm³/mol. The summed E-state index contributed by atoms with van der Waals surface area (Å²) in [5.41, 5.74) is 1.32. The number of fused-ring (bicyclic) bond motifs is 1. The van der Waals surface area contributed by atoms with Crippen molar-refractivity contribution in [3.8, 4) is 0 Å². The Kier molecular flexibility index (Phi) is 9.03. The molecule has 42 heavy (non-hydrogen) atoms. The third-order valence-electron chi connectivity index (χ3n) is 8.64. The molecule has 1 amide bonds. The molecule has 10 heteroatoms. The van der Waals surface area contributed by atoms with E-state index in [1.54, 1.807) is 12.1 Å². The second-order valence-corrected chi connectivity index (χ2v) is 12.3. The van der Waals surface area contributed by atoms with Crippen molar-refractivity contribution in [1.82, 2.24) is 15.2 Å². The second kappa shape index (κ2) is 12.6. The van der Waals surface area contributed by atoms with Crippen LogP contribution in [0.25, 0.3) is 10.9 Å². The number of nitrogens with zero attached hydrogens (tertiary/aromatic N) is 4. The van der Waals surface area contributed by atoms with Crippen LogP contribution in [0.1, 0.15) is 50.4 Å². The molecule has 1 unspecified atom stereocenters. The van der Waals surface area contributed by atoms with E-state index < -0.39 is 11.9 Å². The van der Waals surface area contributed by atoms with Crippen molar-refractivity contribution in [3.63, 3.8) is 0 Å². The molecule has 7 nitrogen and oxygen atoms in total. The fourth-order valence-electron chi connectivity index (χ4n) is 6.09. The van der Waals surface area contributed by atoms with Gasteiger partial charge >= 0.3 is 6.18 Å². The van der Waals surface area contributed by atoms with Gasteiger partial charge in [0.1, 0.15) is 11.5 Å². The Hall–Kier alpha value is -3.24. The Morgan fingerprint density at radius 1 is 1.05 bits per heavy atom. The van der Waals surface area contributed by atoms with Gasteiger partial charge in [0, 0.05) is 49.9 Å². The summed E-state index contributed by atoms with van der Waals surface area (Å²) in [6.45, 7) is 11.3. The molecule has 5 rings (SSSR count). The number of allylic oxidation sites excluding steroid dienone is 3. The molecular formula is C32H40F3N5O2. The zero-order valence-corrected chi connectivity index (χ0v) is 24.6. The van der Waals surface area contributed by atoms with Crippen LogP contribution in [0.15, 0.2) is 58.7 Å². The highest BCUT2D eigenvalue weighted by molar-refractivity contribution is 6.06. The van der Waals surface area contributed by atoms with E-state index in [0.29, 0.717) is 48.8 Å². The summed E-state index contributed by atoms with van der Waals surface area (Å²) in [5.74, 6) is 1.36. The number of hydrogen-bond acceptors (Lipinski definition) is 6. The molecule has 0 bridgehead atoms. The van der Waals surface area contributed by atoms with E-state index in [2.05, 4.69) is 40.9 Å². The van der Waals surface area contributed by atoms with Gasteiger partial charge in [-0.3, -0.25) is 14.7 Å². The molecule has 0 spiro atoms. The van der Waals surface area contributed by atoms with Crippen LogP contribution in [-0.4, -0.2) is 80.2 Å². The van der Waals surface area contributed by atoms with E-state index in [1.165, 1.54) is 6.21 Å². The van der Waals surface area contributed by atoms with Gasteiger partial charge in [0.25, 0.3) is 5.91 Å². The lowest BCUT2D eigenvalue weighted by Gasteiger charge is -2.39. The molecule has 3 aliphatic heterocycles. The third kappa shape index (κ3) is 7.03. The standard InChI is InChI=1S/C32H40F3N5O2/c1-31(2,3)23-12-14-40(15-13-23)29-11-10-24-25(7-5-8-26(24)38-29)30(41)37-21-27(39-16-18-42-19-17-39)22-6-4-9-28(36-20-22)32(33,34)35/h5-11,20,23,27H,4,12-19,21H2,1-3H3,(H,37,41). The number of carbonyl (C=O) groups is 1. The smallest absolute Gasteiger partial charge is 0.379 e. The summed E-state index contributed by atoms with van der Waals surface area (Å²) >= 11 is 0. The number of pyridine rings is 1. The predicted octanol–water partition coefficient (Wildman–Crippen LogP) is 5.78. The van der Waals surface area contributed by atoms with Crippen molar-refractivity contribution in [2.45, 2.75) is 52.3 Å². The molecule has 1 atom stereocenters. The van der Waals surface area contributed by atoms with E-state index in [1.807, 2.05) is 24.3 Å². The lowest BCUT2D eigenvalue weighted by atomic mass is 9.75. The summed E-state index contributed by atoms with van der Waals surface area (Å²) in [6.07, 6.45) is 1.99. The number of piperidine rings is 1. The fraction of sp³-hybridized carbons (Fsp3) is 0.531. The maximum absolute atomic E-state index is 13.5. The first-order valence-electron chi connectivity index (χ1n) is 14.8. The first-order chi connectivity index (χ1) is 20.0. The topological polar surface area (TPSA) is 70.1 Å². The summed E-state index contributed by atoms with van der Waals surface area (Å²) in [4.78, 5) is 26.6. The van der Waals surface area contributed by atoms with Crippen molar-refractivity contribution in [3.05, 3.63) is 59.3 Å². The van der Waals surface area contributed by atoms with Gasteiger partial charge < -0.3 is 15.0 Å². The van der Waals surface area contributed by atoms with E-state index >= 15 is 0 Å². The summed E-state index contributed by atoms with van der Waals surface area (Å²) in [6, 6.07) is 9.16. The highest BCUT2D eigenvalue weighted by atomic mass is 19.4. The van der Waals surface area contributed by atoms with Crippen molar-refractivity contribution in [2.24, 2.45) is 16.3 Å². The monoisotopic (exact) mass is 583 g/mol. The first kappa shape index (κ1) is 30.2. The van der Waals surface area contributed by atoms with E-state index in [-0.39, 0.29) is 24.9 Å². The Morgan fingerprint density at radius 2 is 1.79 bits per heavy atom. The average Bonchev–Trinajstić information content (AvgIpc) is 3.23. The molecule has 0 saturated carbocycles. The minimum Gasteiger partial charge on any atom is -0.379 e. The highest BCUT2D eigenvalue weighted by Crippen LogP contribution is 2.35. The molecule has 2 fully saturated rings. The average molecular weight is 584 g/mol. The van der Waals surface area contributed by atoms with Gasteiger partial charge in [0.2, 0.25) is 0 Å². The van der Waals surface area contributed by atoms with Crippen LogP contribution < -0.4 is 10.2 Å². The molecule has 2 aromatic rings. The number of aliphatic imine (C=N–C) groups is 1. The number of morpholine rings is 1. The molecular weight excluding hydrogens is 543 g/mol. The number of alkyl halides is 3. The van der Waals surface area contributed by atoms with Crippen LogP contribution in [0, 0.1) is 11.3 Å². The van der Waals surface area contributed by atoms with E-state index in [9.17, 15) is 18.0 Å². The number of halogens is 3. The number of ether oxygens (including phenoxy) is 1. The van der Waals surface area contributed by atoms with E-state index in [0.717, 1.165) is 48.7 Å². The summed E-state index contributed by atoms with van der Waals surface area (Å²) < 4.78 is 45.3. The first-order valence-corrected chi connectivity index (χ1v) is 14.8. The fourth-order valence-corrected chi connectivity index (χ4v) is 6.09. The highest BCUT2D eigenvalue weighted by Gasteiger charge is 2.34. The Balaban J connectivity index is 1.30. The van der Waals surface area contributed by atoms with Crippen LogP contribution >= 0.6 is 0 Å². The maximum Gasteiger partial charge on any atom is 0.433 e. The summed E-state index contributed by atoms with van der Waals surface area (Å²) in [7, 11) is 0. The lowest BCUT2D eigenvalue weighted by Crippen LogP contribution is -2.50. The van der Waals surface area contributed by atoms with Crippen LogP contribution in [0.5, 0.6) is 0 Å². The number of anilines is 1. The van der Waals surface area contributed by atoms with Crippen molar-refractivity contribution in [2.75, 3.05) is 50.8 Å². The number of rotatable bonds is 6. The molecule has 0 radical (unpaired) electrons. The number of nitrogens with one attached hydrogen (secondary N) is 1. The normalized spacial score (nSPS) is 20.2. The molecule has 226 valence electrons. The molecule has 2 saturated heterocycles. The lowest BCUT2D eigenvalue weighted by molar-refractivity contribution is -0.0924. The number of hydrogen-bond donors (Lipinski definition) is 1. The van der Waals surface area contributed by atoms with Crippen molar-refractivity contribution < 1.29 is 22.7 Å². The van der Waals surface area contributed by atoms with Gasteiger partial charge in [0.05, 0.1) is 24.8 Å². The Morgan fingerprint density at radius 3 is 2.48 bits per heavy atom. The Bertz CT molecular complexity index is 1360. The van der Waals surface area contributed by atoms with Gasteiger partial charge in [-0.2, -0.15) is 13.2 Å². The quantitative estimate of drug-likeness (QED) is 0.467.